The van der Waals surface area contributed by atoms with Crippen LogP contribution >= 0.6 is 0 Å². The monoisotopic (exact) mass is 672 g/mol. The Bertz CT molecular complexity index is 1490. The average molecular weight is 673 g/mol. The molecular formula is C46H60N2O2. The Labute approximate surface area is 302 Å². The maximum Gasteiger partial charge on any atom is 0.129 e. The summed E-state index contributed by atoms with van der Waals surface area (Å²) in [6, 6.07) is 32.9. The highest BCUT2D eigenvalue weighted by atomic mass is 16.5. The minimum absolute atomic E-state index is 0.0321. The van der Waals surface area contributed by atoms with E-state index in [9.17, 15) is 0 Å². The molecule has 0 aliphatic heterocycles. The molecule has 4 nitrogen and oxygen atoms in total. The lowest BCUT2D eigenvalue weighted by molar-refractivity contribution is 0.140. The molecule has 0 spiro atoms. The summed E-state index contributed by atoms with van der Waals surface area (Å²) in [5, 5.41) is 0. The van der Waals surface area contributed by atoms with Crippen molar-refractivity contribution >= 4 is 11.4 Å². The summed E-state index contributed by atoms with van der Waals surface area (Å²) in [4.78, 5) is 0. The van der Waals surface area contributed by atoms with Crippen LogP contribution in [0.15, 0.2) is 97.1 Å². The van der Waals surface area contributed by atoms with Gasteiger partial charge in [-0.1, -0.05) is 114 Å². The number of benzene rings is 4. The molecule has 4 aromatic carbocycles. The van der Waals surface area contributed by atoms with Crippen molar-refractivity contribution in [2.45, 2.75) is 121 Å². The van der Waals surface area contributed by atoms with E-state index >= 15 is 0 Å². The standard InChI is InChI=1S/C46H60N2O2/c1-2-3-4-5-6-7-8-9-12-35-17-19-36(20-18-35)37-29-31-46(32-30-37,38-21-25-42(26-22-38)49-44-15-10-13-40(47)33-44)39-23-27-43(28-24-39)50-45-16-11-14-41(48)34-45/h10-11,13-16,21-28,33-37H,2-9,12,17-20,29-32,47-48H2,1H3/t35-,36+. The van der Waals surface area contributed by atoms with E-state index in [2.05, 4.69) is 55.5 Å². The van der Waals surface area contributed by atoms with Gasteiger partial charge in [0.1, 0.15) is 23.0 Å². The first-order valence-corrected chi connectivity index (χ1v) is 19.8. The lowest BCUT2D eigenvalue weighted by atomic mass is 9.60. The van der Waals surface area contributed by atoms with Crippen LogP contribution in [0.2, 0.25) is 0 Å². The Morgan fingerprint density at radius 1 is 0.520 bits per heavy atom. The second kappa shape index (κ2) is 17.8. The predicted octanol–water partition coefficient (Wildman–Crippen LogP) is 13.2. The van der Waals surface area contributed by atoms with Gasteiger partial charge in [-0.15, -0.1) is 0 Å². The Balaban J connectivity index is 1.09. The van der Waals surface area contributed by atoms with Gasteiger partial charge in [0.15, 0.2) is 0 Å². The summed E-state index contributed by atoms with van der Waals surface area (Å²) < 4.78 is 12.3. The van der Waals surface area contributed by atoms with Crippen LogP contribution in [0.3, 0.4) is 0 Å². The first-order chi connectivity index (χ1) is 24.5. The smallest absolute Gasteiger partial charge is 0.129 e. The second-order valence-corrected chi connectivity index (χ2v) is 15.4. The minimum atomic E-state index is -0.0321. The number of unbranched alkanes of at least 4 members (excludes halogenated alkanes) is 7. The number of nitrogens with two attached hydrogens (primary N) is 2. The molecule has 2 fully saturated rings. The molecule has 50 heavy (non-hydrogen) atoms. The summed E-state index contributed by atoms with van der Waals surface area (Å²) in [5.41, 5.74) is 16.1. The van der Waals surface area contributed by atoms with Gasteiger partial charge in [0.05, 0.1) is 0 Å². The highest BCUT2D eigenvalue weighted by Crippen LogP contribution is 2.51. The van der Waals surface area contributed by atoms with Crippen molar-refractivity contribution in [3.8, 4) is 23.0 Å². The van der Waals surface area contributed by atoms with Crippen molar-refractivity contribution < 1.29 is 9.47 Å². The van der Waals surface area contributed by atoms with Crippen LogP contribution < -0.4 is 20.9 Å². The molecule has 0 bridgehead atoms. The molecule has 6 rings (SSSR count). The van der Waals surface area contributed by atoms with Crippen molar-refractivity contribution in [3.63, 3.8) is 0 Å². The van der Waals surface area contributed by atoms with Crippen LogP contribution in [0.1, 0.15) is 127 Å². The van der Waals surface area contributed by atoms with Crippen molar-refractivity contribution in [1.82, 2.24) is 0 Å². The number of nitrogen functional groups attached to an aromatic ring is 2. The van der Waals surface area contributed by atoms with E-state index in [4.69, 9.17) is 20.9 Å². The van der Waals surface area contributed by atoms with E-state index in [1.54, 1.807) is 0 Å². The van der Waals surface area contributed by atoms with E-state index in [0.717, 1.165) is 40.8 Å². The molecule has 2 aliphatic carbocycles. The molecule has 4 N–H and O–H groups in total. The van der Waals surface area contributed by atoms with Gasteiger partial charge >= 0.3 is 0 Å². The lowest BCUT2D eigenvalue weighted by Crippen LogP contribution is -2.35. The van der Waals surface area contributed by atoms with Gasteiger partial charge in [-0.05, 0) is 116 Å². The van der Waals surface area contributed by atoms with Crippen LogP contribution in [0, 0.1) is 17.8 Å². The fourth-order valence-corrected chi connectivity index (χ4v) is 8.98. The topological polar surface area (TPSA) is 70.5 Å². The van der Waals surface area contributed by atoms with Gasteiger partial charge in [-0.3, -0.25) is 0 Å². The van der Waals surface area contributed by atoms with Crippen LogP contribution in [0.5, 0.6) is 23.0 Å². The Morgan fingerprint density at radius 2 is 0.980 bits per heavy atom. The maximum absolute atomic E-state index is 6.17. The highest BCUT2D eigenvalue weighted by molar-refractivity contribution is 5.48. The summed E-state index contributed by atoms with van der Waals surface area (Å²) in [6.45, 7) is 2.30. The maximum atomic E-state index is 6.17. The number of hydrogen-bond donors (Lipinski definition) is 2. The molecule has 0 amide bonds. The van der Waals surface area contributed by atoms with Crippen LogP contribution in [-0.4, -0.2) is 0 Å². The van der Waals surface area contributed by atoms with Crippen molar-refractivity contribution in [2.75, 3.05) is 11.5 Å². The summed E-state index contributed by atoms with van der Waals surface area (Å²) in [7, 11) is 0. The zero-order chi connectivity index (χ0) is 34.6. The zero-order valence-corrected chi connectivity index (χ0v) is 30.5. The Hall–Kier alpha value is -3.92. The lowest BCUT2D eigenvalue weighted by Gasteiger charge is -2.44. The molecule has 0 radical (unpaired) electrons. The summed E-state index contributed by atoms with van der Waals surface area (Å²) in [5.74, 6) is 5.88. The van der Waals surface area contributed by atoms with Gasteiger partial charge < -0.3 is 20.9 Å². The van der Waals surface area contributed by atoms with Crippen LogP contribution in [0.25, 0.3) is 0 Å². The Kier molecular flexibility index (Phi) is 12.8. The van der Waals surface area contributed by atoms with Crippen molar-refractivity contribution in [1.29, 1.82) is 0 Å². The molecule has 0 atom stereocenters. The Morgan fingerprint density at radius 3 is 1.46 bits per heavy atom. The van der Waals surface area contributed by atoms with E-state index < -0.39 is 0 Å². The van der Waals surface area contributed by atoms with E-state index in [-0.39, 0.29) is 5.41 Å². The minimum Gasteiger partial charge on any atom is -0.457 e. The number of anilines is 2. The van der Waals surface area contributed by atoms with Crippen LogP contribution in [-0.2, 0) is 5.41 Å². The number of hydrogen-bond acceptors (Lipinski definition) is 4. The summed E-state index contributed by atoms with van der Waals surface area (Å²) in [6.07, 6.45) is 23.5. The highest BCUT2D eigenvalue weighted by Gasteiger charge is 2.41. The normalized spacial score (nSPS) is 19.2. The zero-order valence-electron chi connectivity index (χ0n) is 30.5. The molecule has 4 heteroatoms. The summed E-state index contributed by atoms with van der Waals surface area (Å²) >= 11 is 0. The van der Waals surface area contributed by atoms with Crippen molar-refractivity contribution in [3.05, 3.63) is 108 Å². The first-order valence-electron chi connectivity index (χ1n) is 19.8. The molecule has 4 aromatic rings. The largest absolute Gasteiger partial charge is 0.457 e. The number of rotatable bonds is 16. The van der Waals surface area contributed by atoms with Gasteiger partial charge in [-0.2, -0.15) is 0 Å². The molecule has 0 aromatic heterocycles. The molecule has 2 saturated carbocycles. The fourth-order valence-electron chi connectivity index (χ4n) is 8.98. The second-order valence-electron chi connectivity index (χ2n) is 15.4. The molecule has 0 saturated heterocycles. The molecule has 2 aliphatic rings. The van der Waals surface area contributed by atoms with E-state index in [1.165, 1.54) is 120 Å². The van der Waals surface area contributed by atoms with E-state index in [1.807, 2.05) is 48.5 Å². The SMILES string of the molecule is CCCCCCCCCC[C@H]1CC[C@@H](C2CCC(c3ccc(Oc4cccc(N)c4)cc3)(c3ccc(Oc4cccc(N)c4)cc3)CC2)CC1. The molecule has 0 unspecified atom stereocenters. The molecular weight excluding hydrogens is 613 g/mol. The average Bonchev–Trinajstić information content (AvgIpc) is 3.14. The van der Waals surface area contributed by atoms with E-state index in [0.29, 0.717) is 11.4 Å². The van der Waals surface area contributed by atoms with Gasteiger partial charge in [0.2, 0.25) is 0 Å². The molecule has 266 valence electrons. The third-order valence-electron chi connectivity index (χ3n) is 11.9. The first kappa shape index (κ1) is 35.9. The number of ether oxygens (including phenoxy) is 2. The van der Waals surface area contributed by atoms with Gasteiger partial charge in [0.25, 0.3) is 0 Å². The van der Waals surface area contributed by atoms with Crippen molar-refractivity contribution in [2.24, 2.45) is 17.8 Å². The predicted molar refractivity (Wildman–Crippen MR) is 210 cm³/mol. The third kappa shape index (κ3) is 9.65. The van der Waals surface area contributed by atoms with Gasteiger partial charge in [0, 0.05) is 28.9 Å². The van der Waals surface area contributed by atoms with Gasteiger partial charge in [-0.25, -0.2) is 0 Å². The third-order valence-corrected chi connectivity index (χ3v) is 11.9. The fraction of sp³-hybridized carbons (Fsp3) is 0.478. The quantitative estimate of drug-likeness (QED) is 0.0918. The molecule has 0 heterocycles. The van der Waals surface area contributed by atoms with Crippen LogP contribution in [0.4, 0.5) is 11.4 Å².